The van der Waals surface area contributed by atoms with Crippen LogP contribution >= 0.6 is 0 Å². The maximum atomic E-state index is 5.54. The zero-order chi connectivity index (χ0) is 9.54. The number of furan rings is 1. The highest BCUT2D eigenvalue weighted by Gasteiger charge is 2.15. The molecule has 3 heterocycles. The zero-order valence-corrected chi connectivity index (χ0v) is 7.92. The Morgan fingerprint density at radius 2 is 2.07 bits per heavy atom. The first-order valence-electron chi connectivity index (χ1n) is 4.96. The fourth-order valence-electron chi connectivity index (χ4n) is 2.06. The van der Waals surface area contributed by atoms with Gasteiger partial charge in [-0.05, 0) is 12.8 Å². The minimum Gasteiger partial charge on any atom is -0.439 e. The van der Waals surface area contributed by atoms with Gasteiger partial charge in [0.25, 0.3) is 0 Å². The first-order chi connectivity index (χ1) is 6.83. The summed E-state index contributed by atoms with van der Waals surface area (Å²) in [5, 5.41) is 0. The van der Waals surface area contributed by atoms with Crippen LogP contribution < -0.4 is 10.6 Å². The normalized spacial score (nSPS) is 17.0. The molecule has 0 aromatic carbocycles. The molecule has 0 amide bonds. The molecule has 0 aliphatic carbocycles. The van der Waals surface area contributed by atoms with E-state index >= 15 is 0 Å². The van der Waals surface area contributed by atoms with E-state index in [1.807, 2.05) is 12.1 Å². The number of nitrogen functional groups attached to an aromatic ring is 1. The van der Waals surface area contributed by atoms with Crippen LogP contribution in [0.5, 0.6) is 0 Å². The molecule has 3 N–H and O–H groups in total. The number of aromatic nitrogens is 1. The van der Waals surface area contributed by atoms with Crippen LogP contribution in [0.2, 0.25) is 0 Å². The third kappa shape index (κ3) is 1.07. The van der Waals surface area contributed by atoms with E-state index in [0.29, 0.717) is 5.88 Å². The summed E-state index contributed by atoms with van der Waals surface area (Å²) in [4.78, 5) is 5.65. The molecule has 4 heteroatoms. The van der Waals surface area contributed by atoms with E-state index in [1.54, 1.807) is 0 Å². The van der Waals surface area contributed by atoms with Gasteiger partial charge >= 0.3 is 0 Å². The Hall–Kier alpha value is -1.58. The van der Waals surface area contributed by atoms with Crippen molar-refractivity contribution in [2.75, 3.05) is 23.7 Å². The monoisotopic (exact) mass is 191 g/mol. The third-order valence-electron chi connectivity index (χ3n) is 2.76. The van der Waals surface area contributed by atoms with E-state index < -0.39 is 0 Å². The first kappa shape index (κ1) is 7.79. The Morgan fingerprint density at radius 3 is 2.79 bits per heavy atom. The maximum Gasteiger partial charge on any atom is 0.193 e. The number of hydrogen-bond acceptors (Lipinski definition) is 3. The summed E-state index contributed by atoms with van der Waals surface area (Å²) in [6, 6.07) is 3.85. The Morgan fingerprint density at radius 1 is 1.29 bits per heavy atom. The molecular formula is C10H13N3O. The largest absolute Gasteiger partial charge is 0.439 e. The van der Waals surface area contributed by atoms with Crippen molar-refractivity contribution in [2.24, 2.45) is 0 Å². The molecule has 0 saturated carbocycles. The van der Waals surface area contributed by atoms with Gasteiger partial charge in [0.15, 0.2) is 11.5 Å². The Bertz CT molecular complexity index is 419. The number of rotatable bonds is 1. The van der Waals surface area contributed by atoms with Crippen molar-refractivity contribution in [2.45, 2.75) is 12.8 Å². The predicted octanol–water partition coefficient (Wildman–Crippen LogP) is 1.94. The van der Waals surface area contributed by atoms with Crippen LogP contribution in [-0.2, 0) is 0 Å². The molecule has 1 fully saturated rings. The average molecular weight is 191 g/mol. The SMILES string of the molecule is Nc1cc2[nH]c(N3CCCC3)cc2o1. The second-order valence-electron chi connectivity index (χ2n) is 3.78. The van der Waals surface area contributed by atoms with Crippen molar-refractivity contribution in [3.05, 3.63) is 12.1 Å². The van der Waals surface area contributed by atoms with Gasteiger partial charge in [-0.15, -0.1) is 0 Å². The summed E-state index contributed by atoms with van der Waals surface area (Å²) < 4.78 is 5.33. The van der Waals surface area contributed by atoms with Crippen LogP contribution in [0.15, 0.2) is 16.5 Å². The van der Waals surface area contributed by atoms with Gasteiger partial charge in [0.1, 0.15) is 5.82 Å². The lowest BCUT2D eigenvalue weighted by molar-refractivity contribution is 0.638. The number of H-pyrrole nitrogens is 1. The van der Waals surface area contributed by atoms with E-state index in [4.69, 9.17) is 10.2 Å². The second kappa shape index (κ2) is 2.70. The van der Waals surface area contributed by atoms with Crippen LogP contribution in [0.1, 0.15) is 12.8 Å². The third-order valence-corrected chi connectivity index (χ3v) is 2.76. The van der Waals surface area contributed by atoms with Crippen LogP contribution in [-0.4, -0.2) is 18.1 Å². The van der Waals surface area contributed by atoms with Crippen LogP contribution in [0, 0.1) is 0 Å². The van der Waals surface area contributed by atoms with Gasteiger partial charge in [-0.3, -0.25) is 0 Å². The quantitative estimate of drug-likeness (QED) is 0.724. The summed E-state index contributed by atoms with van der Waals surface area (Å²) >= 11 is 0. The lowest BCUT2D eigenvalue weighted by Gasteiger charge is -2.13. The number of anilines is 2. The molecule has 4 nitrogen and oxygen atoms in total. The molecule has 2 aromatic heterocycles. The lowest BCUT2D eigenvalue weighted by Crippen LogP contribution is -2.17. The Kier molecular flexibility index (Phi) is 1.50. The molecule has 2 aromatic rings. The number of nitrogens with two attached hydrogens (primary N) is 1. The van der Waals surface area contributed by atoms with Gasteiger partial charge in [0.2, 0.25) is 0 Å². The number of aromatic amines is 1. The van der Waals surface area contributed by atoms with Crippen molar-refractivity contribution in [1.82, 2.24) is 4.98 Å². The number of fused-ring (bicyclic) bond motifs is 1. The van der Waals surface area contributed by atoms with Crippen molar-refractivity contribution in [3.8, 4) is 0 Å². The van der Waals surface area contributed by atoms with Gasteiger partial charge in [0.05, 0.1) is 5.52 Å². The molecule has 3 rings (SSSR count). The molecule has 0 spiro atoms. The van der Waals surface area contributed by atoms with Crippen molar-refractivity contribution in [1.29, 1.82) is 0 Å². The summed E-state index contributed by atoms with van der Waals surface area (Å²) in [7, 11) is 0. The molecule has 14 heavy (non-hydrogen) atoms. The fourth-order valence-corrected chi connectivity index (χ4v) is 2.06. The Balaban J connectivity index is 2.01. The topological polar surface area (TPSA) is 58.2 Å². The molecule has 0 radical (unpaired) electrons. The van der Waals surface area contributed by atoms with Crippen LogP contribution in [0.25, 0.3) is 11.1 Å². The van der Waals surface area contributed by atoms with Crippen molar-refractivity contribution < 1.29 is 4.42 Å². The van der Waals surface area contributed by atoms with E-state index in [1.165, 1.54) is 12.8 Å². The van der Waals surface area contributed by atoms with E-state index in [2.05, 4.69) is 9.88 Å². The number of nitrogens with zero attached hydrogens (tertiary/aromatic N) is 1. The predicted molar refractivity (Wildman–Crippen MR) is 56.4 cm³/mol. The maximum absolute atomic E-state index is 5.54. The van der Waals surface area contributed by atoms with Crippen LogP contribution in [0.4, 0.5) is 11.7 Å². The minimum absolute atomic E-state index is 0.472. The smallest absolute Gasteiger partial charge is 0.193 e. The highest BCUT2D eigenvalue weighted by Crippen LogP contribution is 2.27. The standard InChI is InChI=1S/C10H13N3O/c11-9-5-7-8(14-9)6-10(12-7)13-3-1-2-4-13/h5-6,12H,1-4,11H2. The van der Waals surface area contributed by atoms with Crippen LogP contribution in [0.3, 0.4) is 0 Å². The van der Waals surface area contributed by atoms with Gasteiger partial charge in [-0.1, -0.05) is 0 Å². The zero-order valence-electron chi connectivity index (χ0n) is 7.92. The van der Waals surface area contributed by atoms with E-state index in [-0.39, 0.29) is 0 Å². The average Bonchev–Trinajstić information content (AvgIpc) is 2.74. The Labute approximate surface area is 81.7 Å². The van der Waals surface area contributed by atoms with E-state index in [0.717, 1.165) is 30.0 Å². The molecule has 0 atom stereocenters. The number of hydrogen-bond donors (Lipinski definition) is 2. The summed E-state index contributed by atoms with van der Waals surface area (Å²) in [6.07, 6.45) is 2.56. The molecule has 0 bridgehead atoms. The van der Waals surface area contributed by atoms with Crippen molar-refractivity contribution >= 4 is 22.8 Å². The fraction of sp³-hybridized carbons (Fsp3) is 0.400. The molecule has 1 aliphatic rings. The first-order valence-corrected chi connectivity index (χ1v) is 4.96. The summed E-state index contributed by atoms with van der Waals surface area (Å²) in [6.45, 7) is 2.27. The van der Waals surface area contributed by atoms with Gasteiger partial charge in [-0.25, -0.2) is 0 Å². The highest BCUT2D eigenvalue weighted by atomic mass is 16.3. The lowest BCUT2D eigenvalue weighted by atomic mass is 10.4. The minimum atomic E-state index is 0.472. The molecular weight excluding hydrogens is 178 g/mol. The summed E-state index contributed by atoms with van der Waals surface area (Å²) in [5.41, 5.74) is 7.38. The van der Waals surface area contributed by atoms with E-state index in [9.17, 15) is 0 Å². The van der Waals surface area contributed by atoms with Gasteiger partial charge in [-0.2, -0.15) is 0 Å². The summed E-state index contributed by atoms with van der Waals surface area (Å²) in [5.74, 6) is 1.62. The molecule has 1 aliphatic heterocycles. The van der Waals surface area contributed by atoms with Gasteiger partial charge < -0.3 is 20.0 Å². The van der Waals surface area contributed by atoms with Gasteiger partial charge in [0, 0.05) is 25.2 Å². The highest BCUT2D eigenvalue weighted by molar-refractivity contribution is 5.81. The second-order valence-corrected chi connectivity index (χ2v) is 3.78. The molecule has 0 unspecified atom stereocenters. The molecule has 1 saturated heterocycles. The molecule has 74 valence electrons. The number of nitrogens with one attached hydrogen (secondary N) is 1. The van der Waals surface area contributed by atoms with Crippen molar-refractivity contribution in [3.63, 3.8) is 0 Å².